The van der Waals surface area contributed by atoms with Crippen molar-refractivity contribution < 1.29 is 0 Å². The lowest BCUT2D eigenvalue weighted by molar-refractivity contribution is 0.246. The first-order valence-electron chi connectivity index (χ1n) is 5.32. The van der Waals surface area contributed by atoms with Gasteiger partial charge in [0.05, 0.1) is 0 Å². The number of nitrogens with one attached hydrogen (secondary N) is 2. The molecule has 0 aliphatic rings. The fraction of sp³-hybridized carbons (Fsp3) is 1.00. The van der Waals surface area contributed by atoms with Crippen LogP contribution in [0.25, 0.3) is 0 Å². The SMILES string of the molecule is CNC(C)CCC(C)(NC)C(C)C. The maximum absolute atomic E-state index is 3.43. The summed E-state index contributed by atoms with van der Waals surface area (Å²) in [6, 6.07) is 0.617. The summed E-state index contributed by atoms with van der Waals surface area (Å²) in [5, 5.41) is 6.70. The predicted molar refractivity (Wildman–Crippen MR) is 60.1 cm³/mol. The Balaban J connectivity index is 3.98. The Morgan fingerprint density at radius 3 is 2.00 bits per heavy atom. The van der Waals surface area contributed by atoms with Gasteiger partial charge in [-0.2, -0.15) is 0 Å². The van der Waals surface area contributed by atoms with E-state index in [0.717, 1.165) is 0 Å². The largest absolute Gasteiger partial charge is 0.317 e. The average Bonchev–Trinajstić information content (AvgIpc) is 2.13. The Hall–Kier alpha value is -0.0800. The van der Waals surface area contributed by atoms with Crippen molar-refractivity contribution in [2.24, 2.45) is 5.92 Å². The molecule has 0 aliphatic heterocycles. The van der Waals surface area contributed by atoms with Crippen molar-refractivity contribution in [1.82, 2.24) is 10.6 Å². The highest BCUT2D eigenvalue weighted by Crippen LogP contribution is 2.22. The van der Waals surface area contributed by atoms with Gasteiger partial charge >= 0.3 is 0 Å². The van der Waals surface area contributed by atoms with Crippen LogP contribution >= 0.6 is 0 Å². The minimum Gasteiger partial charge on any atom is -0.317 e. The summed E-state index contributed by atoms with van der Waals surface area (Å²) in [6.45, 7) is 9.09. The van der Waals surface area contributed by atoms with Crippen LogP contribution in [0.1, 0.15) is 40.5 Å². The minimum absolute atomic E-state index is 0.283. The first kappa shape index (κ1) is 12.9. The lowest BCUT2D eigenvalue weighted by Gasteiger charge is -2.34. The van der Waals surface area contributed by atoms with Gasteiger partial charge in [0.1, 0.15) is 0 Å². The summed E-state index contributed by atoms with van der Waals surface area (Å²) in [5.41, 5.74) is 0.283. The van der Waals surface area contributed by atoms with Crippen LogP contribution in [0, 0.1) is 5.92 Å². The van der Waals surface area contributed by atoms with E-state index in [9.17, 15) is 0 Å². The molecule has 0 fully saturated rings. The summed E-state index contributed by atoms with van der Waals surface area (Å²) >= 11 is 0. The summed E-state index contributed by atoms with van der Waals surface area (Å²) in [7, 11) is 4.08. The third-order valence-corrected chi connectivity index (χ3v) is 3.43. The molecule has 2 nitrogen and oxygen atoms in total. The molecule has 2 atom stereocenters. The third kappa shape index (κ3) is 4.10. The molecule has 0 rings (SSSR count). The molecule has 0 heterocycles. The van der Waals surface area contributed by atoms with Gasteiger partial charge in [0.2, 0.25) is 0 Å². The molecule has 0 saturated carbocycles. The molecule has 0 bridgehead atoms. The van der Waals surface area contributed by atoms with Gasteiger partial charge in [-0.1, -0.05) is 13.8 Å². The molecule has 0 amide bonds. The zero-order valence-corrected chi connectivity index (χ0v) is 10.1. The first-order valence-corrected chi connectivity index (χ1v) is 5.32. The van der Waals surface area contributed by atoms with Crippen molar-refractivity contribution in [2.75, 3.05) is 14.1 Å². The quantitative estimate of drug-likeness (QED) is 0.663. The maximum atomic E-state index is 3.43. The van der Waals surface area contributed by atoms with Gasteiger partial charge in [0.15, 0.2) is 0 Å². The molecular formula is C11H26N2. The van der Waals surface area contributed by atoms with Crippen molar-refractivity contribution >= 4 is 0 Å². The van der Waals surface area contributed by atoms with Crippen molar-refractivity contribution in [1.29, 1.82) is 0 Å². The molecule has 2 unspecified atom stereocenters. The fourth-order valence-corrected chi connectivity index (χ4v) is 1.36. The Kier molecular flexibility index (Phi) is 5.57. The van der Waals surface area contributed by atoms with Crippen molar-refractivity contribution in [3.8, 4) is 0 Å². The van der Waals surface area contributed by atoms with E-state index in [1.165, 1.54) is 12.8 Å². The van der Waals surface area contributed by atoms with Crippen LogP contribution in [-0.2, 0) is 0 Å². The van der Waals surface area contributed by atoms with E-state index >= 15 is 0 Å². The molecule has 0 aromatic carbocycles. The topological polar surface area (TPSA) is 24.1 Å². The molecule has 0 radical (unpaired) electrons. The van der Waals surface area contributed by atoms with Crippen LogP contribution in [0.15, 0.2) is 0 Å². The molecule has 0 spiro atoms. The van der Waals surface area contributed by atoms with Crippen molar-refractivity contribution in [3.05, 3.63) is 0 Å². The lowest BCUT2D eigenvalue weighted by Crippen LogP contribution is -2.45. The molecule has 0 aromatic rings. The molecule has 0 saturated heterocycles. The Morgan fingerprint density at radius 2 is 1.69 bits per heavy atom. The molecule has 0 aromatic heterocycles. The standard InChI is InChI=1S/C11H26N2/c1-9(2)11(4,13-6)8-7-10(3)12-5/h9-10,12-13H,7-8H2,1-6H3. The van der Waals surface area contributed by atoms with Gasteiger partial charge in [-0.05, 0) is 46.7 Å². The second kappa shape index (κ2) is 5.61. The van der Waals surface area contributed by atoms with E-state index in [4.69, 9.17) is 0 Å². The van der Waals surface area contributed by atoms with Gasteiger partial charge < -0.3 is 10.6 Å². The first-order chi connectivity index (χ1) is 5.96. The van der Waals surface area contributed by atoms with Gasteiger partial charge in [0.25, 0.3) is 0 Å². The zero-order chi connectivity index (χ0) is 10.5. The highest BCUT2D eigenvalue weighted by molar-refractivity contribution is 4.85. The molecular weight excluding hydrogens is 160 g/mol. The van der Waals surface area contributed by atoms with E-state index in [-0.39, 0.29) is 5.54 Å². The van der Waals surface area contributed by atoms with Crippen LogP contribution in [0.2, 0.25) is 0 Å². The average molecular weight is 186 g/mol. The third-order valence-electron chi connectivity index (χ3n) is 3.43. The summed E-state index contributed by atoms with van der Waals surface area (Å²) in [5.74, 6) is 0.682. The van der Waals surface area contributed by atoms with Crippen molar-refractivity contribution in [2.45, 2.75) is 52.1 Å². The number of rotatable bonds is 6. The van der Waals surface area contributed by atoms with Gasteiger partial charge in [0, 0.05) is 11.6 Å². The van der Waals surface area contributed by atoms with Crippen LogP contribution in [-0.4, -0.2) is 25.7 Å². The molecule has 0 aliphatic carbocycles. The lowest BCUT2D eigenvalue weighted by atomic mass is 9.83. The van der Waals surface area contributed by atoms with Gasteiger partial charge in [-0.15, -0.1) is 0 Å². The van der Waals surface area contributed by atoms with Crippen LogP contribution < -0.4 is 10.6 Å². The normalized spacial score (nSPS) is 18.7. The van der Waals surface area contributed by atoms with Gasteiger partial charge in [-0.3, -0.25) is 0 Å². The van der Waals surface area contributed by atoms with E-state index in [1.54, 1.807) is 0 Å². The molecule has 2 N–H and O–H groups in total. The van der Waals surface area contributed by atoms with E-state index in [2.05, 4.69) is 45.4 Å². The maximum Gasteiger partial charge on any atom is 0.0173 e. The van der Waals surface area contributed by atoms with E-state index in [1.807, 2.05) is 7.05 Å². The highest BCUT2D eigenvalue weighted by Gasteiger charge is 2.25. The smallest absolute Gasteiger partial charge is 0.0173 e. The number of hydrogen-bond donors (Lipinski definition) is 2. The minimum atomic E-state index is 0.283. The number of hydrogen-bond acceptors (Lipinski definition) is 2. The molecule has 2 heteroatoms. The monoisotopic (exact) mass is 186 g/mol. The van der Waals surface area contributed by atoms with Crippen molar-refractivity contribution in [3.63, 3.8) is 0 Å². The summed E-state index contributed by atoms with van der Waals surface area (Å²) in [4.78, 5) is 0. The van der Waals surface area contributed by atoms with Crippen LogP contribution in [0.5, 0.6) is 0 Å². The summed E-state index contributed by atoms with van der Waals surface area (Å²) in [6.07, 6.45) is 2.45. The predicted octanol–water partition coefficient (Wildman–Crippen LogP) is 2.01. The van der Waals surface area contributed by atoms with Crippen LogP contribution in [0.3, 0.4) is 0 Å². The molecule has 80 valence electrons. The molecule has 13 heavy (non-hydrogen) atoms. The second-order valence-corrected chi connectivity index (χ2v) is 4.55. The Bertz CT molecular complexity index is 134. The summed E-state index contributed by atoms with van der Waals surface area (Å²) < 4.78 is 0. The second-order valence-electron chi connectivity index (χ2n) is 4.55. The Labute approximate surface area is 83.5 Å². The van der Waals surface area contributed by atoms with E-state index in [0.29, 0.717) is 12.0 Å². The fourth-order valence-electron chi connectivity index (χ4n) is 1.36. The van der Waals surface area contributed by atoms with Crippen LogP contribution in [0.4, 0.5) is 0 Å². The van der Waals surface area contributed by atoms with E-state index < -0.39 is 0 Å². The Morgan fingerprint density at radius 1 is 1.15 bits per heavy atom. The van der Waals surface area contributed by atoms with Gasteiger partial charge in [-0.25, -0.2) is 0 Å². The zero-order valence-electron chi connectivity index (χ0n) is 10.1. The highest BCUT2D eigenvalue weighted by atomic mass is 14.9.